The highest BCUT2D eigenvalue weighted by Gasteiger charge is 2.14. The molecule has 0 bridgehead atoms. The monoisotopic (exact) mass is 401 g/mol. The molecule has 0 aromatic heterocycles. The van der Waals surface area contributed by atoms with E-state index in [0.29, 0.717) is 22.8 Å². The Bertz CT molecular complexity index is 772. The number of hydrogen-bond acceptors (Lipinski definition) is 3. The summed E-state index contributed by atoms with van der Waals surface area (Å²) in [6, 6.07) is 14.6. The van der Waals surface area contributed by atoms with Gasteiger partial charge in [-0.15, -0.1) is 0 Å². The van der Waals surface area contributed by atoms with Crippen LogP contribution in [0.5, 0.6) is 0 Å². The fourth-order valence-electron chi connectivity index (χ4n) is 2.89. The van der Waals surface area contributed by atoms with Crippen LogP contribution < -0.4 is 10.6 Å². The molecule has 0 aliphatic rings. The van der Waals surface area contributed by atoms with E-state index in [4.69, 9.17) is 11.6 Å². The van der Waals surface area contributed by atoms with Gasteiger partial charge in [-0.05, 0) is 48.7 Å². The Morgan fingerprint density at radius 3 is 2.21 bits per heavy atom. The molecule has 6 heteroatoms. The first kappa shape index (κ1) is 21.9. The van der Waals surface area contributed by atoms with Gasteiger partial charge in [0.25, 0.3) is 5.91 Å². The fourth-order valence-corrected chi connectivity index (χ4v) is 3.09. The van der Waals surface area contributed by atoms with Crippen LogP contribution in [0.2, 0.25) is 5.02 Å². The molecule has 0 unspecified atom stereocenters. The Kier molecular flexibility index (Phi) is 8.98. The van der Waals surface area contributed by atoms with Crippen LogP contribution in [-0.4, -0.2) is 36.3 Å². The highest BCUT2D eigenvalue weighted by Crippen LogP contribution is 2.14. The molecule has 0 spiro atoms. The summed E-state index contributed by atoms with van der Waals surface area (Å²) in [6.45, 7) is 6.32. The van der Waals surface area contributed by atoms with E-state index in [0.717, 1.165) is 31.5 Å². The Hall–Kier alpha value is -2.37. The first-order valence-corrected chi connectivity index (χ1v) is 10.1. The van der Waals surface area contributed by atoms with Crippen molar-refractivity contribution in [1.29, 1.82) is 0 Å². The third-order valence-electron chi connectivity index (χ3n) is 4.25. The Morgan fingerprint density at radius 2 is 1.61 bits per heavy atom. The maximum atomic E-state index is 12.6. The molecule has 2 aromatic carbocycles. The summed E-state index contributed by atoms with van der Waals surface area (Å²) in [7, 11) is 0. The molecule has 0 fully saturated rings. The normalized spacial score (nSPS) is 10.5. The molecular weight excluding hydrogens is 374 g/mol. The summed E-state index contributed by atoms with van der Waals surface area (Å²) in [5.74, 6) is -0.118. The van der Waals surface area contributed by atoms with Crippen molar-refractivity contribution in [1.82, 2.24) is 10.2 Å². The van der Waals surface area contributed by atoms with E-state index in [2.05, 4.69) is 24.5 Å². The number of rotatable bonds is 10. The molecule has 0 aliphatic heterocycles. The second-order valence-corrected chi connectivity index (χ2v) is 7.02. The molecular formula is C22H28ClN3O2. The van der Waals surface area contributed by atoms with E-state index >= 15 is 0 Å². The zero-order valence-electron chi connectivity index (χ0n) is 16.5. The summed E-state index contributed by atoms with van der Waals surface area (Å²) in [5, 5.41) is 6.58. The summed E-state index contributed by atoms with van der Waals surface area (Å²) in [4.78, 5) is 26.6. The molecule has 0 saturated carbocycles. The van der Waals surface area contributed by atoms with Crippen LogP contribution in [0.3, 0.4) is 0 Å². The third kappa shape index (κ3) is 6.66. The lowest BCUT2D eigenvalue weighted by Gasteiger charge is -2.21. The van der Waals surface area contributed by atoms with Gasteiger partial charge in [0.05, 0.1) is 6.54 Å². The summed E-state index contributed by atoms with van der Waals surface area (Å²) in [6.07, 6.45) is 1.86. The Labute approximate surface area is 172 Å². The minimum absolute atomic E-state index is 0.0305. The van der Waals surface area contributed by atoms with Crippen molar-refractivity contribution in [3.63, 3.8) is 0 Å². The fraction of sp³-hybridized carbons (Fsp3) is 0.364. The van der Waals surface area contributed by atoms with E-state index in [1.807, 2.05) is 29.2 Å². The van der Waals surface area contributed by atoms with Crippen molar-refractivity contribution in [3.8, 4) is 0 Å². The zero-order chi connectivity index (χ0) is 20.4. The average molecular weight is 402 g/mol. The SMILES string of the molecule is CCCN(CCC)C(=O)c1ccc(NC(=O)CNCc2ccccc2Cl)cc1. The van der Waals surface area contributed by atoms with Crippen molar-refractivity contribution in [2.75, 3.05) is 25.0 Å². The largest absolute Gasteiger partial charge is 0.339 e. The van der Waals surface area contributed by atoms with Crippen LogP contribution in [0, 0.1) is 0 Å². The molecule has 0 heterocycles. The molecule has 150 valence electrons. The van der Waals surface area contributed by atoms with Gasteiger partial charge in [-0.2, -0.15) is 0 Å². The van der Waals surface area contributed by atoms with Gasteiger partial charge in [0, 0.05) is 35.9 Å². The van der Waals surface area contributed by atoms with Crippen LogP contribution in [0.15, 0.2) is 48.5 Å². The van der Waals surface area contributed by atoms with Crippen molar-refractivity contribution in [2.24, 2.45) is 0 Å². The average Bonchev–Trinajstić information content (AvgIpc) is 2.69. The number of anilines is 1. The summed E-state index contributed by atoms with van der Waals surface area (Å²) >= 11 is 6.10. The second-order valence-electron chi connectivity index (χ2n) is 6.61. The van der Waals surface area contributed by atoms with Crippen LogP contribution in [0.4, 0.5) is 5.69 Å². The lowest BCUT2D eigenvalue weighted by molar-refractivity contribution is -0.115. The maximum absolute atomic E-state index is 12.6. The van der Waals surface area contributed by atoms with Crippen LogP contribution in [0.25, 0.3) is 0 Å². The van der Waals surface area contributed by atoms with Gasteiger partial charge in [-0.25, -0.2) is 0 Å². The highest BCUT2D eigenvalue weighted by molar-refractivity contribution is 6.31. The van der Waals surface area contributed by atoms with Crippen molar-refractivity contribution in [3.05, 3.63) is 64.7 Å². The quantitative estimate of drug-likeness (QED) is 0.622. The Morgan fingerprint density at radius 1 is 0.964 bits per heavy atom. The number of carbonyl (C=O) groups is 2. The van der Waals surface area contributed by atoms with Gasteiger partial charge in [0.2, 0.25) is 5.91 Å². The topological polar surface area (TPSA) is 61.4 Å². The first-order chi connectivity index (χ1) is 13.5. The predicted molar refractivity (Wildman–Crippen MR) is 115 cm³/mol. The van der Waals surface area contributed by atoms with Gasteiger partial charge >= 0.3 is 0 Å². The van der Waals surface area contributed by atoms with E-state index in [1.54, 1.807) is 24.3 Å². The number of carbonyl (C=O) groups excluding carboxylic acids is 2. The Balaban J connectivity index is 1.85. The molecule has 0 aliphatic carbocycles. The summed E-state index contributed by atoms with van der Waals surface area (Å²) < 4.78 is 0. The highest BCUT2D eigenvalue weighted by atomic mass is 35.5. The zero-order valence-corrected chi connectivity index (χ0v) is 17.3. The molecule has 0 radical (unpaired) electrons. The first-order valence-electron chi connectivity index (χ1n) is 9.68. The van der Waals surface area contributed by atoms with Crippen LogP contribution in [-0.2, 0) is 11.3 Å². The second kappa shape index (κ2) is 11.5. The molecule has 0 atom stereocenters. The molecule has 2 N–H and O–H groups in total. The van der Waals surface area contributed by atoms with Crippen molar-refractivity contribution in [2.45, 2.75) is 33.2 Å². The van der Waals surface area contributed by atoms with Gasteiger partial charge in [-0.3, -0.25) is 9.59 Å². The standard InChI is InChI=1S/C22H28ClN3O2/c1-3-13-26(14-4-2)22(28)17-9-11-19(12-10-17)25-21(27)16-24-15-18-7-5-6-8-20(18)23/h5-12,24H,3-4,13-16H2,1-2H3,(H,25,27). The van der Waals surface area contributed by atoms with Gasteiger partial charge in [-0.1, -0.05) is 43.6 Å². The number of benzene rings is 2. The van der Waals surface area contributed by atoms with Gasteiger partial charge < -0.3 is 15.5 Å². The van der Waals surface area contributed by atoms with Gasteiger partial charge in [0.1, 0.15) is 0 Å². The van der Waals surface area contributed by atoms with Gasteiger partial charge in [0.15, 0.2) is 0 Å². The minimum atomic E-state index is -0.148. The molecule has 2 aromatic rings. The molecule has 0 saturated heterocycles. The van der Waals surface area contributed by atoms with E-state index in [1.165, 1.54) is 0 Å². The smallest absolute Gasteiger partial charge is 0.253 e. The molecule has 2 rings (SSSR count). The van der Waals surface area contributed by atoms with Crippen molar-refractivity contribution >= 4 is 29.1 Å². The third-order valence-corrected chi connectivity index (χ3v) is 4.62. The predicted octanol–water partition coefficient (Wildman–Crippen LogP) is 4.33. The molecule has 28 heavy (non-hydrogen) atoms. The lowest BCUT2D eigenvalue weighted by Crippen LogP contribution is -2.32. The number of halogens is 1. The maximum Gasteiger partial charge on any atom is 0.253 e. The number of hydrogen-bond donors (Lipinski definition) is 2. The van der Waals surface area contributed by atoms with E-state index in [9.17, 15) is 9.59 Å². The number of amides is 2. The molecule has 5 nitrogen and oxygen atoms in total. The number of nitrogens with one attached hydrogen (secondary N) is 2. The van der Waals surface area contributed by atoms with E-state index < -0.39 is 0 Å². The number of nitrogens with zero attached hydrogens (tertiary/aromatic N) is 1. The van der Waals surface area contributed by atoms with E-state index in [-0.39, 0.29) is 18.4 Å². The lowest BCUT2D eigenvalue weighted by atomic mass is 10.1. The van der Waals surface area contributed by atoms with Crippen molar-refractivity contribution < 1.29 is 9.59 Å². The van der Waals surface area contributed by atoms with Crippen LogP contribution >= 0.6 is 11.6 Å². The molecule has 2 amide bonds. The minimum Gasteiger partial charge on any atom is -0.339 e. The summed E-state index contributed by atoms with van der Waals surface area (Å²) in [5.41, 5.74) is 2.25. The van der Waals surface area contributed by atoms with Crippen LogP contribution in [0.1, 0.15) is 42.6 Å².